The molecule has 0 spiro atoms. The van der Waals surface area contributed by atoms with Crippen LogP contribution < -0.4 is 5.32 Å². The second-order valence-corrected chi connectivity index (χ2v) is 5.20. The number of nitrogens with zero attached hydrogens (tertiary/aromatic N) is 2. The molecule has 0 radical (unpaired) electrons. The number of amides is 1. The molecule has 2 aromatic rings. The van der Waals surface area contributed by atoms with E-state index in [9.17, 15) is 4.79 Å². The first-order chi connectivity index (χ1) is 11.1. The fourth-order valence-electron chi connectivity index (χ4n) is 1.75. The number of halogens is 1. The minimum absolute atomic E-state index is 0.264. The van der Waals surface area contributed by atoms with E-state index in [1.54, 1.807) is 6.07 Å². The summed E-state index contributed by atoms with van der Waals surface area (Å²) < 4.78 is 0. The van der Waals surface area contributed by atoms with E-state index in [0.717, 1.165) is 11.1 Å². The molecule has 0 atom stereocenters. The van der Waals surface area contributed by atoms with Crippen molar-refractivity contribution in [2.45, 2.75) is 6.92 Å². The molecule has 1 N–H and O–H groups in total. The van der Waals surface area contributed by atoms with Crippen LogP contribution in [0.1, 0.15) is 16.7 Å². The molecule has 116 valence electrons. The molecule has 0 unspecified atom stereocenters. The van der Waals surface area contributed by atoms with Crippen LogP contribution >= 0.6 is 11.6 Å². The Kier molecular flexibility index (Phi) is 5.73. The summed E-state index contributed by atoms with van der Waals surface area (Å²) in [5.74, 6) is -0.426. The predicted octanol–water partition coefficient (Wildman–Crippen LogP) is 3.51. The van der Waals surface area contributed by atoms with Crippen molar-refractivity contribution in [3.8, 4) is 6.07 Å². The van der Waals surface area contributed by atoms with E-state index < -0.39 is 5.91 Å². The van der Waals surface area contributed by atoms with E-state index in [2.05, 4.69) is 10.5 Å². The summed E-state index contributed by atoms with van der Waals surface area (Å²) in [5, 5.41) is 15.7. The fourth-order valence-corrected chi connectivity index (χ4v) is 1.92. The number of benzene rings is 2. The topological polar surface area (TPSA) is 74.5 Å². The SMILES string of the molecule is Cc1ccc(/C=N\OCC(=O)Nc2cc(Cl)ccc2C#N)cc1. The van der Waals surface area contributed by atoms with E-state index in [0.29, 0.717) is 16.3 Å². The Bertz CT molecular complexity index is 764. The quantitative estimate of drug-likeness (QED) is 0.674. The summed E-state index contributed by atoms with van der Waals surface area (Å²) >= 11 is 5.85. The van der Waals surface area contributed by atoms with E-state index >= 15 is 0 Å². The van der Waals surface area contributed by atoms with Gasteiger partial charge in [0.1, 0.15) is 6.07 Å². The van der Waals surface area contributed by atoms with Gasteiger partial charge in [-0.15, -0.1) is 0 Å². The van der Waals surface area contributed by atoms with Crippen LogP contribution in [-0.2, 0) is 9.63 Å². The van der Waals surface area contributed by atoms with Gasteiger partial charge in [0.25, 0.3) is 5.91 Å². The number of anilines is 1. The van der Waals surface area contributed by atoms with Crippen molar-refractivity contribution in [2.75, 3.05) is 11.9 Å². The Morgan fingerprint density at radius 3 is 2.78 bits per heavy atom. The number of hydrogen-bond donors (Lipinski definition) is 1. The van der Waals surface area contributed by atoms with Crippen molar-refractivity contribution in [2.24, 2.45) is 5.16 Å². The highest BCUT2D eigenvalue weighted by molar-refractivity contribution is 6.31. The lowest BCUT2D eigenvalue weighted by Gasteiger charge is -2.06. The molecule has 0 saturated carbocycles. The van der Waals surface area contributed by atoms with Gasteiger partial charge >= 0.3 is 0 Å². The zero-order valence-corrected chi connectivity index (χ0v) is 13.2. The molecule has 5 nitrogen and oxygen atoms in total. The maximum Gasteiger partial charge on any atom is 0.265 e. The first-order valence-corrected chi connectivity index (χ1v) is 7.18. The highest BCUT2D eigenvalue weighted by atomic mass is 35.5. The number of nitriles is 1. The molecule has 0 fully saturated rings. The van der Waals surface area contributed by atoms with Crippen molar-refractivity contribution >= 4 is 29.4 Å². The van der Waals surface area contributed by atoms with Gasteiger partial charge in [-0.05, 0) is 30.7 Å². The molecule has 23 heavy (non-hydrogen) atoms. The number of hydrogen-bond acceptors (Lipinski definition) is 4. The fraction of sp³-hybridized carbons (Fsp3) is 0.118. The van der Waals surface area contributed by atoms with Crippen molar-refractivity contribution in [1.29, 1.82) is 5.26 Å². The summed E-state index contributed by atoms with van der Waals surface area (Å²) in [6.45, 7) is 1.73. The van der Waals surface area contributed by atoms with Gasteiger partial charge in [-0.2, -0.15) is 5.26 Å². The van der Waals surface area contributed by atoms with Crippen LogP contribution in [0.15, 0.2) is 47.6 Å². The van der Waals surface area contributed by atoms with Crippen LogP contribution in [0.3, 0.4) is 0 Å². The van der Waals surface area contributed by atoms with Gasteiger partial charge in [0.05, 0.1) is 17.5 Å². The first kappa shape index (κ1) is 16.5. The summed E-state index contributed by atoms with van der Waals surface area (Å²) in [6.07, 6.45) is 1.52. The second-order valence-electron chi connectivity index (χ2n) is 4.77. The molecule has 0 aromatic heterocycles. The third-order valence-corrected chi connectivity index (χ3v) is 3.16. The number of oxime groups is 1. The van der Waals surface area contributed by atoms with E-state index in [1.807, 2.05) is 37.3 Å². The lowest BCUT2D eigenvalue weighted by Crippen LogP contribution is -2.17. The molecule has 0 aliphatic rings. The summed E-state index contributed by atoms with van der Waals surface area (Å²) in [4.78, 5) is 16.7. The molecule has 0 heterocycles. The molecule has 0 bridgehead atoms. The van der Waals surface area contributed by atoms with Gasteiger partial charge < -0.3 is 10.2 Å². The Labute approximate surface area is 139 Å². The zero-order chi connectivity index (χ0) is 16.7. The Morgan fingerprint density at radius 2 is 2.09 bits per heavy atom. The van der Waals surface area contributed by atoms with Gasteiger partial charge in [-0.25, -0.2) is 0 Å². The van der Waals surface area contributed by atoms with E-state index in [1.165, 1.54) is 18.3 Å². The lowest BCUT2D eigenvalue weighted by molar-refractivity contribution is -0.120. The largest absolute Gasteiger partial charge is 0.386 e. The molecule has 2 rings (SSSR count). The molecular formula is C17H14ClN3O2. The normalized spacial score (nSPS) is 10.3. The van der Waals surface area contributed by atoms with Gasteiger partial charge in [0.15, 0.2) is 6.61 Å². The van der Waals surface area contributed by atoms with Crippen LogP contribution in [0.25, 0.3) is 0 Å². The highest BCUT2D eigenvalue weighted by Gasteiger charge is 2.08. The Morgan fingerprint density at radius 1 is 1.35 bits per heavy atom. The molecule has 1 amide bonds. The van der Waals surface area contributed by atoms with Crippen LogP contribution in [0.2, 0.25) is 5.02 Å². The number of carbonyl (C=O) groups excluding carboxylic acids is 1. The van der Waals surface area contributed by atoms with Crippen molar-refractivity contribution in [3.05, 3.63) is 64.2 Å². The minimum atomic E-state index is -0.426. The molecule has 0 saturated heterocycles. The Balaban J connectivity index is 1.87. The van der Waals surface area contributed by atoms with E-state index in [4.69, 9.17) is 21.7 Å². The third kappa shape index (κ3) is 5.13. The van der Waals surface area contributed by atoms with Crippen LogP contribution in [0.4, 0.5) is 5.69 Å². The van der Waals surface area contributed by atoms with Gasteiger partial charge in [0.2, 0.25) is 0 Å². The predicted molar refractivity (Wildman–Crippen MR) is 89.5 cm³/mol. The molecular weight excluding hydrogens is 314 g/mol. The minimum Gasteiger partial charge on any atom is -0.386 e. The lowest BCUT2D eigenvalue weighted by atomic mass is 10.2. The average molecular weight is 328 g/mol. The molecule has 0 aliphatic carbocycles. The van der Waals surface area contributed by atoms with Gasteiger partial charge in [0, 0.05) is 5.02 Å². The summed E-state index contributed by atoms with van der Waals surface area (Å²) in [7, 11) is 0. The van der Waals surface area contributed by atoms with E-state index in [-0.39, 0.29) is 6.61 Å². The van der Waals surface area contributed by atoms with Crippen molar-refractivity contribution in [1.82, 2.24) is 0 Å². The summed E-state index contributed by atoms with van der Waals surface area (Å²) in [5.41, 5.74) is 2.69. The molecule has 6 heteroatoms. The maximum absolute atomic E-state index is 11.8. The van der Waals surface area contributed by atoms with Crippen LogP contribution in [0.5, 0.6) is 0 Å². The second kappa shape index (κ2) is 7.97. The number of carbonyl (C=O) groups is 1. The molecule has 2 aromatic carbocycles. The average Bonchev–Trinajstić information content (AvgIpc) is 2.53. The van der Waals surface area contributed by atoms with Gasteiger partial charge in [-0.1, -0.05) is 46.6 Å². The number of rotatable bonds is 5. The first-order valence-electron chi connectivity index (χ1n) is 6.80. The monoisotopic (exact) mass is 327 g/mol. The van der Waals surface area contributed by atoms with Crippen molar-refractivity contribution < 1.29 is 9.63 Å². The van der Waals surface area contributed by atoms with Crippen molar-refractivity contribution in [3.63, 3.8) is 0 Å². The number of nitrogens with one attached hydrogen (secondary N) is 1. The smallest absolute Gasteiger partial charge is 0.265 e. The highest BCUT2D eigenvalue weighted by Crippen LogP contribution is 2.20. The van der Waals surface area contributed by atoms with Gasteiger partial charge in [-0.3, -0.25) is 4.79 Å². The standard InChI is InChI=1S/C17H14ClN3O2/c1-12-2-4-13(5-3-12)10-20-23-11-17(22)21-16-8-15(18)7-6-14(16)9-19/h2-8,10H,11H2,1H3,(H,21,22)/b20-10-. The Hall–Kier alpha value is -2.84. The number of aryl methyl sites for hydroxylation is 1. The zero-order valence-electron chi connectivity index (χ0n) is 12.4. The van der Waals surface area contributed by atoms with Crippen LogP contribution in [0, 0.1) is 18.3 Å². The summed E-state index contributed by atoms with van der Waals surface area (Å²) in [6, 6.07) is 14.3. The third-order valence-electron chi connectivity index (χ3n) is 2.93. The molecule has 0 aliphatic heterocycles. The maximum atomic E-state index is 11.8. The van der Waals surface area contributed by atoms with Crippen LogP contribution in [-0.4, -0.2) is 18.7 Å².